The normalized spacial score (nSPS) is 14.0. The minimum absolute atomic E-state index is 0.0553. The number of hydrogen-bond donors (Lipinski definition) is 2. The molecule has 1 saturated heterocycles. The van der Waals surface area contributed by atoms with Gasteiger partial charge < -0.3 is 10.6 Å². The van der Waals surface area contributed by atoms with Crippen LogP contribution in [0.3, 0.4) is 0 Å². The van der Waals surface area contributed by atoms with Gasteiger partial charge in [-0.25, -0.2) is 8.42 Å². The second-order valence-electron chi connectivity index (χ2n) is 9.77. The molecule has 1 aliphatic rings. The number of carbonyl (C=O) groups is 2. The molecule has 1 aromatic heterocycles. The maximum Gasteiger partial charge on any atom is 0.418 e. The molecule has 2 amide bonds. The zero-order valence-electron chi connectivity index (χ0n) is 23.1. The highest BCUT2D eigenvalue weighted by Gasteiger charge is 2.33. The maximum atomic E-state index is 13.3. The number of sulfonamides is 1. The lowest BCUT2D eigenvalue weighted by Crippen LogP contribution is -2.28. The van der Waals surface area contributed by atoms with Crippen LogP contribution in [-0.4, -0.2) is 58.1 Å². The first kappa shape index (κ1) is 31.2. The molecule has 0 bridgehead atoms. The third-order valence-electron chi connectivity index (χ3n) is 6.78. The molecule has 0 radical (unpaired) electrons. The van der Waals surface area contributed by atoms with Gasteiger partial charge in [0.2, 0.25) is 15.9 Å². The van der Waals surface area contributed by atoms with Crippen LogP contribution in [0.25, 0.3) is 5.69 Å². The molecule has 5 rings (SSSR count). The Balaban J connectivity index is 1.27. The fraction of sp³-hybridized carbons (Fsp3) is 0.241. The largest absolute Gasteiger partial charge is 0.418 e. The molecule has 15 heteroatoms. The Morgan fingerprint density at radius 1 is 0.886 bits per heavy atom. The van der Waals surface area contributed by atoms with E-state index in [4.69, 9.17) is 0 Å². The third-order valence-corrected chi connectivity index (χ3v) is 9.62. The number of para-hydroxylation sites is 2. The van der Waals surface area contributed by atoms with E-state index in [1.807, 2.05) is 0 Å². The van der Waals surface area contributed by atoms with E-state index in [2.05, 4.69) is 20.8 Å². The van der Waals surface area contributed by atoms with Gasteiger partial charge in [-0.2, -0.15) is 17.5 Å². The lowest BCUT2D eigenvalue weighted by molar-refractivity contribution is -0.137. The molecule has 44 heavy (non-hydrogen) atoms. The predicted molar refractivity (Wildman–Crippen MR) is 158 cm³/mol. The molecule has 230 valence electrons. The number of nitrogens with one attached hydrogen (secondary N) is 2. The SMILES string of the molecule is O=C(CSc1nnc(CNC(=O)c2ccc(S(=O)(=O)N3CCCC3)cc2)n1-c1ccccc1)Nc1ccccc1C(F)(F)F. The summed E-state index contributed by atoms with van der Waals surface area (Å²) in [5.41, 5.74) is -0.406. The van der Waals surface area contributed by atoms with Crippen molar-refractivity contribution >= 4 is 39.3 Å². The predicted octanol–water partition coefficient (Wildman–Crippen LogP) is 4.73. The monoisotopic (exact) mass is 644 g/mol. The number of halogens is 3. The number of alkyl halides is 3. The topological polar surface area (TPSA) is 126 Å². The van der Waals surface area contributed by atoms with Gasteiger partial charge in [0.05, 0.1) is 28.4 Å². The van der Waals surface area contributed by atoms with E-state index < -0.39 is 33.6 Å². The van der Waals surface area contributed by atoms with Gasteiger partial charge in [-0.05, 0) is 61.4 Å². The fourth-order valence-electron chi connectivity index (χ4n) is 4.62. The molecule has 0 saturated carbocycles. The quantitative estimate of drug-likeness (QED) is 0.239. The van der Waals surface area contributed by atoms with Gasteiger partial charge in [0.15, 0.2) is 11.0 Å². The van der Waals surface area contributed by atoms with Gasteiger partial charge in [0, 0.05) is 24.3 Å². The van der Waals surface area contributed by atoms with Crippen LogP contribution in [0.5, 0.6) is 0 Å². The van der Waals surface area contributed by atoms with Crippen LogP contribution in [0.4, 0.5) is 18.9 Å². The first-order valence-corrected chi connectivity index (χ1v) is 15.9. The van der Waals surface area contributed by atoms with Gasteiger partial charge in [-0.15, -0.1) is 10.2 Å². The van der Waals surface area contributed by atoms with E-state index in [0.717, 1.165) is 30.7 Å². The summed E-state index contributed by atoms with van der Waals surface area (Å²) in [5, 5.41) is 13.7. The Labute approximate surface area is 255 Å². The maximum absolute atomic E-state index is 13.3. The van der Waals surface area contributed by atoms with E-state index in [-0.39, 0.29) is 33.6 Å². The summed E-state index contributed by atoms with van der Waals surface area (Å²) < 4.78 is 68.6. The minimum atomic E-state index is -4.63. The number of anilines is 1. The highest BCUT2D eigenvalue weighted by molar-refractivity contribution is 7.99. The summed E-state index contributed by atoms with van der Waals surface area (Å²) in [5.74, 6) is -1.05. The Kier molecular flexibility index (Phi) is 9.36. The van der Waals surface area contributed by atoms with Crippen molar-refractivity contribution in [3.63, 3.8) is 0 Å². The summed E-state index contributed by atoms with van der Waals surface area (Å²) >= 11 is 0.971. The summed E-state index contributed by atoms with van der Waals surface area (Å²) in [7, 11) is -3.61. The van der Waals surface area contributed by atoms with E-state index in [9.17, 15) is 31.2 Å². The lowest BCUT2D eigenvalue weighted by Gasteiger charge is -2.15. The number of benzene rings is 3. The number of hydrogen-bond acceptors (Lipinski definition) is 7. The smallest absolute Gasteiger partial charge is 0.345 e. The van der Waals surface area contributed by atoms with E-state index in [1.165, 1.54) is 46.8 Å². The van der Waals surface area contributed by atoms with Crippen molar-refractivity contribution in [2.24, 2.45) is 0 Å². The number of carbonyl (C=O) groups excluding carboxylic acids is 2. The summed E-state index contributed by atoms with van der Waals surface area (Å²) in [6.07, 6.45) is -2.99. The van der Waals surface area contributed by atoms with E-state index in [0.29, 0.717) is 24.6 Å². The zero-order valence-corrected chi connectivity index (χ0v) is 24.8. The van der Waals surface area contributed by atoms with Crippen LogP contribution in [0, 0.1) is 0 Å². The summed E-state index contributed by atoms with van der Waals surface area (Å²) in [4.78, 5) is 25.6. The molecule has 0 atom stereocenters. The number of thioether (sulfide) groups is 1. The first-order valence-electron chi connectivity index (χ1n) is 13.5. The van der Waals surface area contributed by atoms with Crippen LogP contribution in [0.2, 0.25) is 0 Å². The van der Waals surface area contributed by atoms with Crippen LogP contribution in [0.15, 0.2) is 88.9 Å². The Hall–Kier alpha value is -4.21. The lowest BCUT2D eigenvalue weighted by atomic mass is 10.1. The number of amides is 2. The zero-order chi connectivity index (χ0) is 31.3. The van der Waals surface area contributed by atoms with Gasteiger partial charge in [0.25, 0.3) is 5.91 Å². The van der Waals surface area contributed by atoms with Crippen molar-refractivity contribution in [1.29, 1.82) is 0 Å². The molecule has 2 heterocycles. The van der Waals surface area contributed by atoms with Gasteiger partial charge >= 0.3 is 6.18 Å². The van der Waals surface area contributed by atoms with Gasteiger partial charge in [-0.3, -0.25) is 14.2 Å². The molecule has 1 aliphatic heterocycles. The van der Waals surface area contributed by atoms with Crippen LogP contribution in [0.1, 0.15) is 34.6 Å². The molecule has 0 spiro atoms. The average Bonchev–Trinajstić information content (AvgIpc) is 3.70. The van der Waals surface area contributed by atoms with Crippen molar-refractivity contribution in [3.8, 4) is 5.69 Å². The summed E-state index contributed by atoms with van der Waals surface area (Å²) in [6, 6.07) is 19.3. The number of aromatic nitrogens is 3. The molecule has 10 nitrogen and oxygen atoms in total. The first-order chi connectivity index (χ1) is 21.0. The van der Waals surface area contributed by atoms with Gasteiger partial charge in [-0.1, -0.05) is 42.1 Å². The molecule has 3 aromatic carbocycles. The number of rotatable bonds is 10. The van der Waals surface area contributed by atoms with E-state index in [1.54, 1.807) is 34.9 Å². The van der Waals surface area contributed by atoms with Crippen molar-refractivity contribution in [2.45, 2.75) is 35.6 Å². The number of nitrogens with zero attached hydrogens (tertiary/aromatic N) is 4. The van der Waals surface area contributed by atoms with Crippen LogP contribution < -0.4 is 10.6 Å². The summed E-state index contributed by atoms with van der Waals surface area (Å²) in [6.45, 7) is 0.896. The van der Waals surface area contributed by atoms with Crippen molar-refractivity contribution < 1.29 is 31.2 Å². The van der Waals surface area contributed by atoms with Gasteiger partial charge in [0.1, 0.15) is 0 Å². The molecule has 0 aliphatic carbocycles. The fourth-order valence-corrected chi connectivity index (χ4v) is 6.91. The van der Waals surface area contributed by atoms with Crippen molar-refractivity contribution in [1.82, 2.24) is 24.4 Å². The Morgan fingerprint density at radius 3 is 2.23 bits per heavy atom. The minimum Gasteiger partial charge on any atom is -0.345 e. The van der Waals surface area contributed by atoms with Crippen molar-refractivity contribution in [2.75, 3.05) is 24.2 Å². The molecular formula is C29H27F3N6O4S2. The second-order valence-corrected chi connectivity index (χ2v) is 12.6. The van der Waals surface area contributed by atoms with E-state index >= 15 is 0 Å². The highest BCUT2D eigenvalue weighted by atomic mass is 32.2. The molecule has 4 aromatic rings. The molecule has 1 fully saturated rings. The highest BCUT2D eigenvalue weighted by Crippen LogP contribution is 2.34. The van der Waals surface area contributed by atoms with Crippen LogP contribution >= 0.6 is 11.8 Å². The Bertz CT molecular complexity index is 1740. The molecule has 2 N–H and O–H groups in total. The average molecular weight is 645 g/mol. The standard InChI is InChI=1S/C29H27F3N6O4S2/c30-29(31,32)23-10-4-5-11-24(23)34-26(39)19-43-28-36-35-25(38(28)21-8-2-1-3-9-21)18-33-27(40)20-12-14-22(15-13-20)44(41,42)37-16-6-7-17-37/h1-5,8-15H,6-7,16-19H2,(H,33,40)(H,34,39). The molecule has 0 unspecified atom stereocenters. The second kappa shape index (κ2) is 13.2. The third kappa shape index (κ3) is 7.11. The van der Waals surface area contributed by atoms with Crippen LogP contribution in [-0.2, 0) is 27.5 Å². The van der Waals surface area contributed by atoms with Crippen molar-refractivity contribution in [3.05, 3.63) is 95.8 Å². The Morgan fingerprint density at radius 2 is 1.55 bits per heavy atom. The molecular weight excluding hydrogens is 617 g/mol.